The molecule has 6 N–H and O–H groups in total. The number of aliphatic carboxylic acids is 1. The summed E-state index contributed by atoms with van der Waals surface area (Å²) in [7, 11) is 0. The highest BCUT2D eigenvalue weighted by molar-refractivity contribution is 5.74. The predicted octanol–water partition coefficient (Wildman–Crippen LogP) is 1.57. The molecule has 0 bridgehead atoms. The molecule has 2 aliphatic rings. The first-order valence-corrected chi connectivity index (χ1v) is 11.1. The van der Waals surface area contributed by atoms with Crippen LogP contribution in [0, 0.1) is 0 Å². The summed E-state index contributed by atoms with van der Waals surface area (Å²) in [6.45, 7) is 4.12. The maximum absolute atomic E-state index is 12.7. The number of hydrogen-bond donors (Lipinski definition) is 5. The molecular weight excluding hydrogens is 382 g/mol. The van der Waals surface area contributed by atoms with Crippen LogP contribution in [0.1, 0.15) is 55.6 Å². The first-order valence-electron chi connectivity index (χ1n) is 11.1. The lowest BCUT2D eigenvalue weighted by molar-refractivity contribution is -0.137. The highest BCUT2D eigenvalue weighted by Crippen LogP contribution is 2.32. The molecule has 0 saturated heterocycles. The van der Waals surface area contributed by atoms with E-state index >= 15 is 0 Å². The minimum Gasteiger partial charge on any atom is -0.481 e. The second-order valence-corrected chi connectivity index (χ2v) is 8.37. The van der Waals surface area contributed by atoms with E-state index in [1.165, 1.54) is 0 Å². The average Bonchev–Trinajstić information content (AvgIpc) is 3.52. The van der Waals surface area contributed by atoms with Crippen molar-refractivity contribution >= 4 is 12.0 Å². The van der Waals surface area contributed by atoms with Crippen LogP contribution in [-0.2, 0) is 11.3 Å². The Hall–Kier alpha value is -2.16. The summed E-state index contributed by atoms with van der Waals surface area (Å²) >= 11 is 0. The lowest BCUT2D eigenvalue weighted by Gasteiger charge is -2.22. The molecule has 8 heteroatoms. The molecule has 30 heavy (non-hydrogen) atoms. The Bertz CT molecular complexity index is 722. The Kier molecular flexibility index (Phi) is 8.07. The van der Waals surface area contributed by atoms with Crippen LogP contribution in [0.2, 0.25) is 0 Å². The van der Waals surface area contributed by atoms with Gasteiger partial charge in [-0.15, -0.1) is 0 Å². The number of nitrogens with zero attached hydrogens (tertiary/aromatic N) is 1. The van der Waals surface area contributed by atoms with E-state index in [0.717, 1.165) is 49.9 Å². The molecule has 1 aliphatic heterocycles. The van der Waals surface area contributed by atoms with Crippen LogP contribution < -0.4 is 21.7 Å². The zero-order valence-electron chi connectivity index (χ0n) is 17.7. The van der Waals surface area contributed by atoms with E-state index in [-0.39, 0.29) is 24.0 Å². The van der Waals surface area contributed by atoms with E-state index in [0.29, 0.717) is 32.6 Å². The Balaban J connectivity index is 1.40. The van der Waals surface area contributed by atoms with Crippen molar-refractivity contribution in [3.8, 4) is 0 Å². The van der Waals surface area contributed by atoms with E-state index in [1.807, 2.05) is 24.3 Å². The average molecular weight is 418 g/mol. The Morgan fingerprint density at radius 3 is 2.60 bits per heavy atom. The van der Waals surface area contributed by atoms with Gasteiger partial charge in [-0.2, -0.15) is 0 Å². The highest BCUT2D eigenvalue weighted by Gasteiger charge is 2.40. The smallest absolute Gasteiger partial charge is 0.317 e. The lowest BCUT2D eigenvalue weighted by atomic mass is 9.90. The molecule has 1 saturated carbocycles. The predicted molar refractivity (Wildman–Crippen MR) is 116 cm³/mol. The van der Waals surface area contributed by atoms with Gasteiger partial charge in [0.2, 0.25) is 0 Å². The van der Waals surface area contributed by atoms with Crippen molar-refractivity contribution in [1.29, 1.82) is 0 Å². The third kappa shape index (κ3) is 6.42. The molecule has 1 atom stereocenters. The molecule has 166 valence electrons. The summed E-state index contributed by atoms with van der Waals surface area (Å²) in [5.41, 5.74) is 7.74. The summed E-state index contributed by atoms with van der Waals surface area (Å²) in [6, 6.07) is 7.80. The van der Waals surface area contributed by atoms with Crippen LogP contribution in [0.5, 0.6) is 0 Å². The molecule has 3 rings (SSSR count). The molecule has 1 aliphatic carbocycles. The molecule has 0 spiro atoms. The number of hydrogen-bond acceptors (Lipinski definition) is 5. The first kappa shape index (κ1) is 22.5. The molecule has 2 amide bonds. The normalized spacial score (nSPS) is 19.6. The summed E-state index contributed by atoms with van der Waals surface area (Å²) < 4.78 is 0. The number of rotatable bonds is 11. The standard InChI is InChI=1S/C22H35N5O3/c23-10-13-26-22(8-9-22)25-12-4-3-11-24-21(30)27-14-7-17(15-20(28)29)19-6-2-1-5-18(19)16-27/h1-2,5-6,17,25-26H,3-4,7-16,23H2,(H,24,30)(H,28,29). The topological polar surface area (TPSA) is 120 Å². The van der Waals surface area contributed by atoms with Gasteiger partial charge < -0.3 is 21.1 Å². The zero-order chi connectivity index (χ0) is 21.4. The number of nitrogens with one attached hydrogen (secondary N) is 3. The summed E-state index contributed by atoms with van der Waals surface area (Å²) in [5.74, 6) is -0.849. The van der Waals surface area contributed by atoms with Crippen LogP contribution in [-0.4, -0.2) is 60.4 Å². The van der Waals surface area contributed by atoms with E-state index < -0.39 is 5.97 Å². The van der Waals surface area contributed by atoms with Gasteiger partial charge in [0.25, 0.3) is 0 Å². The molecule has 1 fully saturated rings. The monoisotopic (exact) mass is 417 g/mol. The van der Waals surface area contributed by atoms with E-state index in [2.05, 4.69) is 16.0 Å². The molecule has 0 aromatic heterocycles. The number of carbonyl (C=O) groups excluding carboxylic acids is 1. The first-order chi connectivity index (χ1) is 14.5. The van der Waals surface area contributed by atoms with Gasteiger partial charge in [-0.25, -0.2) is 4.79 Å². The maximum atomic E-state index is 12.7. The maximum Gasteiger partial charge on any atom is 0.317 e. The second kappa shape index (κ2) is 10.7. The fourth-order valence-corrected chi connectivity index (χ4v) is 4.16. The Morgan fingerprint density at radius 1 is 1.13 bits per heavy atom. The van der Waals surface area contributed by atoms with Crippen LogP contribution >= 0.6 is 0 Å². The molecule has 8 nitrogen and oxygen atoms in total. The third-order valence-corrected chi connectivity index (χ3v) is 6.01. The van der Waals surface area contributed by atoms with Gasteiger partial charge in [-0.3, -0.25) is 15.4 Å². The van der Waals surface area contributed by atoms with Crippen LogP contribution in [0.4, 0.5) is 4.79 Å². The number of carbonyl (C=O) groups is 2. The SMILES string of the molecule is NCCNC1(NCCCCNC(=O)N2CCC(CC(=O)O)c3ccccc3C2)CC1. The van der Waals surface area contributed by atoms with Gasteiger partial charge >= 0.3 is 12.0 Å². The molecule has 1 aromatic rings. The summed E-state index contributed by atoms with van der Waals surface area (Å²) in [6.07, 6.45) is 4.96. The minimum atomic E-state index is -0.799. The zero-order valence-corrected chi connectivity index (χ0v) is 17.7. The quantitative estimate of drug-likeness (QED) is 0.275. The summed E-state index contributed by atoms with van der Waals surface area (Å²) in [4.78, 5) is 25.7. The van der Waals surface area contributed by atoms with Crippen molar-refractivity contribution in [2.75, 3.05) is 32.7 Å². The van der Waals surface area contributed by atoms with Crippen LogP contribution in [0.25, 0.3) is 0 Å². The van der Waals surface area contributed by atoms with Crippen molar-refractivity contribution in [2.24, 2.45) is 5.73 Å². The lowest BCUT2D eigenvalue weighted by Crippen LogP contribution is -2.47. The number of nitrogens with two attached hydrogens (primary N) is 1. The largest absolute Gasteiger partial charge is 0.481 e. The van der Waals surface area contributed by atoms with Crippen molar-refractivity contribution in [3.63, 3.8) is 0 Å². The number of fused-ring (bicyclic) bond motifs is 1. The molecular formula is C22H35N5O3. The van der Waals surface area contributed by atoms with Crippen LogP contribution in [0.15, 0.2) is 24.3 Å². The number of carboxylic acid groups (broad SMARTS) is 1. The van der Waals surface area contributed by atoms with Gasteiger partial charge in [-0.05, 0) is 55.7 Å². The van der Waals surface area contributed by atoms with Crippen LogP contribution in [0.3, 0.4) is 0 Å². The second-order valence-electron chi connectivity index (χ2n) is 8.37. The fourth-order valence-electron chi connectivity index (χ4n) is 4.16. The number of carboxylic acids is 1. The fraction of sp³-hybridized carbons (Fsp3) is 0.636. The van der Waals surface area contributed by atoms with Gasteiger partial charge in [0.15, 0.2) is 0 Å². The number of unbranched alkanes of at least 4 members (excludes halogenated alkanes) is 1. The number of urea groups is 1. The van der Waals surface area contributed by atoms with E-state index in [4.69, 9.17) is 5.73 Å². The number of amides is 2. The van der Waals surface area contributed by atoms with Gasteiger partial charge in [0.05, 0.1) is 12.1 Å². The van der Waals surface area contributed by atoms with Crippen molar-refractivity contribution in [3.05, 3.63) is 35.4 Å². The van der Waals surface area contributed by atoms with E-state index in [1.54, 1.807) is 4.90 Å². The number of benzene rings is 1. The third-order valence-electron chi connectivity index (χ3n) is 6.01. The van der Waals surface area contributed by atoms with Gasteiger partial charge in [0, 0.05) is 32.7 Å². The molecule has 0 radical (unpaired) electrons. The van der Waals surface area contributed by atoms with Crippen molar-refractivity contribution < 1.29 is 14.7 Å². The molecule has 1 unspecified atom stereocenters. The van der Waals surface area contributed by atoms with E-state index in [9.17, 15) is 14.7 Å². The Morgan fingerprint density at radius 2 is 1.87 bits per heavy atom. The molecule has 1 aromatic carbocycles. The van der Waals surface area contributed by atoms with Gasteiger partial charge in [0.1, 0.15) is 0 Å². The Labute approximate surface area is 178 Å². The van der Waals surface area contributed by atoms with Gasteiger partial charge in [-0.1, -0.05) is 24.3 Å². The van der Waals surface area contributed by atoms with Crippen molar-refractivity contribution in [2.45, 2.75) is 56.7 Å². The minimum absolute atomic E-state index is 0.0507. The summed E-state index contributed by atoms with van der Waals surface area (Å²) in [5, 5.41) is 19.3. The highest BCUT2D eigenvalue weighted by atomic mass is 16.4. The van der Waals surface area contributed by atoms with Crippen molar-refractivity contribution in [1.82, 2.24) is 20.9 Å². The molecule has 1 heterocycles.